The molecule has 1 heterocycles. The molecule has 14 heavy (non-hydrogen) atoms. The predicted octanol–water partition coefficient (Wildman–Crippen LogP) is 1.31. The van der Waals surface area contributed by atoms with Crippen LogP contribution in [0.5, 0.6) is 5.88 Å². The Morgan fingerprint density at radius 1 is 1.64 bits per heavy atom. The lowest BCUT2D eigenvalue weighted by Crippen LogP contribution is -2.05. The number of hydrogen-bond acceptors (Lipinski definition) is 4. The molecule has 0 aliphatic rings. The quantitative estimate of drug-likeness (QED) is 0.713. The zero-order chi connectivity index (χ0) is 10.2. The van der Waals surface area contributed by atoms with Crippen LogP contribution in [0.2, 0.25) is 0 Å². The molecule has 1 aromatic rings. The fourth-order valence-corrected chi connectivity index (χ4v) is 0.844. The Hall–Kier alpha value is -1.76. The second-order valence-corrected chi connectivity index (χ2v) is 2.62. The van der Waals surface area contributed by atoms with Gasteiger partial charge in [0, 0.05) is 12.3 Å². The van der Waals surface area contributed by atoms with Crippen molar-refractivity contribution in [1.82, 2.24) is 9.97 Å². The molecule has 74 valence electrons. The SMILES string of the molecule is C#CCNc1nccc(OCCC)n1. The van der Waals surface area contributed by atoms with Gasteiger partial charge in [-0.3, -0.25) is 0 Å². The first-order chi connectivity index (χ1) is 6.86. The van der Waals surface area contributed by atoms with E-state index < -0.39 is 0 Å². The number of nitrogens with one attached hydrogen (secondary N) is 1. The lowest BCUT2D eigenvalue weighted by atomic mass is 10.5. The van der Waals surface area contributed by atoms with Crippen LogP contribution in [0.1, 0.15) is 13.3 Å². The van der Waals surface area contributed by atoms with E-state index in [1.165, 1.54) is 0 Å². The van der Waals surface area contributed by atoms with Crippen LogP contribution in [-0.4, -0.2) is 23.1 Å². The molecule has 0 fully saturated rings. The van der Waals surface area contributed by atoms with Crippen LogP contribution in [0.4, 0.5) is 5.95 Å². The summed E-state index contributed by atoms with van der Waals surface area (Å²) < 4.78 is 5.33. The molecule has 0 bridgehead atoms. The second kappa shape index (κ2) is 5.81. The van der Waals surface area contributed by atoms with Crippen molar-refractivity contribution in [3.8, 4) is 18.2 Å². The highest BCUT2D eigenvalue weighted by atomic mass is 16.5. The van der Waals surface area contributed by atoms with Crippen molar-refractivity contribution >= 4 is 5.95 Å². The first-order valence-corrected chi connectivity index (χ1v) is 4.50. The van der Waals surface area contributed by atoms with Crippen LogP contribution < -0.4 is 10.1 Å². The molecule has 0 aromatic carbocycles. The summed E-state index contributed by atoms with van der Waals surface area (Å²) in [5, 5.41) is 2.87. The Balaban J connectivity index is 2.55. The summed E-state index contributed by atoms with van der Waals surface area (Å²) in [6, 6.07) is 1.72. The largest absolute Gasteiger partial charge is 0.478 e. The predicted molar refractivity (Wildman–Crippen MR) is 55.1 cm³/mol. The molecule has 1 aromatic heterocycles. The van der Waals surface area contributed by atoms with Gasteiger partial charge in [-0.05, 0) is 6.42 Å². The van der Waals surface area contributed by atoms with Crippen LogP contribution in [0.3, 0.4) is 0 Å². The monoisotopic (exact) mass is 191 g/mol. The van der Waals surface area contributed by atoms with Gasteiger partial charge in [-0.2, -0.15) is 4.98 Å². The van der Waals surface area contributed by atoms with Gasteiger partial charge in [-0.15, -0.1) is 6.42 Å². The lowest BCUT2D eigenvalue weighted by molar-refractivity contribution is 0.305. The van der Waals surface area contributed by atoms with Gasteiger partial charge >= 0.3 is 0 Å². The maximum Gasteiger partial charge on any atom is 0.226 e. The Labute approximate surface area is 83.7 Å². The van der Waals surface area contributed by atoms with E-state index in [0.717, 1.165) is 6.42 Å². The highest BCUT2D eigenvalue weighted by Crippen LogP contribution is 2.07. The van der Waals surface area contributed by atoms with Gasteiger partial charge in [-0.1, -0.05) is 12.8 Å². The molecule has 1 rings (SSSR count). The highest BCUT2D eigenvalue weighted by Gasteiger charge is 1.97. The third-order valence-electron chi connectivity index (χ3n) is 1.43. The summed E-state index contributed by atoms with van der Waals surface area (Å²) in [7, 11) is 0. The van der Waals surface area contributed by atoms with Crippen LogP contribution in [0.15, 0.2) is 12.3 Å². The van der Waals surface area contributed by atoms with Crippen LogP contribution in [0, 0.1) is 12.3 Å². The second-order valence-electron chi connectivity index (χ2n) is 2.62. The molecule has 0 spiro atoms. The average Bonchev–Trinajstić information content (AvgIpc) is 2.24. The maximum absolute atomic E-state index is 5.33. The first-order valence-electron chi connectivity index (χ1n) is 4.50. The number of nitrogens with zero attached hydrogens (tertiary/aromatic N) is 2. The van der Waals surface area contributed by atoms with E-state index >= 15 is 0 Å². The van der Waals surface area contributed by atoms with Gasteiger partial charge in [0.1, 0.15) is 0 Å². The molecule has 1 N–H and O–H groups in total. The Kier molecular flexibility index (Phi) is 4.29. The Morgan fingerprint density at radius 3 is 3.21 bits per heavy atom. The standard InChI is InChI=1S/C10H13N3O/c1-3-6-11-10-12-7-5-9(13-10)14-8-4-2/h1,5,7H,4,6,8H2,2H3,(H,11,12,13). The molecule has 0 atom stereocenters. The maximum atomic E-state index is 5.33. The summed E-state index contributed by atoms with van der Waals surface area (Å²) >= 11 is 0. The van der Waals surface area contributed by atoms with E-state index in [2.05, 4.69) is 21.2 Å². The van der Waals surface area contributed by atoms with Crippen LogP contribution in [-0.2, 0) is 0 Å². The molecule has 0 amide bonds. The molecule has 4 heteroatoms. The molecule has 0 saturated heterocycles. The van der Waals surface area contributed by atoms with Gasteiger partial charge in [0.15, 0.2) is 0 Å². The van der Waals surface area contributed by atoms with E-state index in [-0.39, 0.29) is 0 Å². The number of aromatic nitrogens is 2. The van der Waals surface area contributed by atoms with E-state index in [1.54, 1.807) is 12.3 Å². The van der Waals surface area contributed by atoms with Gasteiger partial charge in [-0.25, -0.2) is 4.98 Å². The lowest BCUT2D eigenvalue weighted by Gasteiger charge is -2.04. The summed E-state index contributed by atoms with van der Waals surface area (Å²) in [5.41, 5.74) is 0. The Morgan fingerprint density at radius 2 is 2.50 bits per heavy atom. The number of anilines is 1. The number of rotatable bonds is 5. The van der Waals surface area contributed by atoms with Crippen LogP contribution in [0.25, 0.3) is 0 Å². The fraction of sp³-hybridized carbons (Fsp3) is 0.400. The van der Waals surface area contributed by atoms with E-state index in [1.807, 2.05) is 6.92 Å². The number of hydrogen-bond donors (Lipinski definition) is 1. The summed E-state index contributed by atoms with van der Waals surface area (Å²) in [5.74, 6) is 3.51. The molecular weight excluding hydrogens is 178 g/mol. The number of terminal acetylenes is 1. The van der Waals surface area contributed by atoms with Crippen molar-refractivity contribution < 1.29 is 4.74 Å². The summed E-state index contributed by atoms with van der Waals surface area (Å²) in [6.07, 6.45) is 7.69. The van der Waals surface area contributed by atoms with Crippen molar-refractivity contribution in [2.45, 2.75) is 13.3 Å². The molecule has 0 unspecified atom stereocenters. The van der Waals surface area contributed by atoms with Crippen molar-refractivity contribution in [2.75, 3.05) is 18.5 Å². The van der Waals surface area contributed by atoms with Crippen molar-refractivity contribution in [2.24, 2.45) is 0 Å². The zero-order valence-corrected chi connectivity index (χ0v) is 8.16. The Bertz CT molecular complexity index is 319. The minimum Gasteiger partial charge on any atom is -0.478 e. The minimum atomic E-state index is 0.414. The van der Waals surface area contributed by atoms with Gasteiger partial charge in [0.2, 0.25) is 11.8 Å². The molecular formula is C10H13N3O. The van der Waals surface area contributed by atoms with Crippen molar-refractivity contribution in [1.29, 1.82) is 0 Å². The van der Waals surface area contributed by atoms with Gasteiger partial charge in [0.05, 0.1) is 13.2 Å². The highest BCUT2D eigenvalue weighted by molar-refractivity contribution is 5.28. The molecule has 0 aliphatic carbocycles. The normalized spacial score (nSPS) is 9.14. The van der Waals surface area contributed by atoms with E-state index in [0.29, 0.717) is 25.0 Å². The first kappa shape index (κ1) is 10.3. The smallest absolute Gasteiger partial charge is 0.226 e. The van der Waals surface area contributed by atoms with E-state index in [4.69, 9.17) is 11.2 Å². The summed E-state index contributed by atoms with van der Waals surface area (Å²) in [4.78, 5) is 8.09. The van der Waals surface area contributed by atoms with E-state index in [9.17, 15) is 0 Å². The summed E-state index contributed by atoms with van der Waals surface area (Å²) in [6.45, 7) is 3.11. The van der Waals surface area contributed by atoms with Crippen molar-refractivity contribution in [3.05, 3.63) is 12.3 Å². The van der Waals surface area contributed by atoms with Gasteiger partial charge in [0.25, 0.3) is 0 Å². The molecule has 0 saturated carbocycles. The third-order valence-corrected chi connectivity index (χ3v) is 1.43. The van der Waals surface area contributed by atoms with Crippen LogP contribution >= 0.6 is 0 Å². The molecule has 4 nitrogen and oxygen atoms in total. The van der Waals surface area contributed by atoms with Gasteiger partial charge < -0.3 is 10.1 Å². The molecule has 0 radical (unpaired) electrons. The topological polar surface area (TPSA) is 47.0 Å². The fourth-order valence-electron chi connectivity index (χ4n) is 0.844. The average molecular weight is 191 g/mol. The van der Waals surface area contributed by atoms with Crippen molar-refractivity contribution in [3.63, 3.8) is 0 Å². The molecule has 0 aliphatic heterocycles. The number of ether oxygens (including phenoxy) is 1. The third kappa shape index (κ3) is 3.31. The zero-order valence-electron chi connectivity index (χ0n) is 8.16. The minimum absolute atomic E-state index is 0.414.